The van der Waals surface area contributed by atoms with Crippen LogP contribution in [-0.4, -0.2) is 17.1 Å². The van der Waals surface area contributed by atoms with Crippen molar-refractivity contribution in [3.63, 3.8) is 0 Å². The predicted octanol–water partition coefficient (Wildman–Crippen LogP) is 5.05. The van der Waals surface area contributed by atoms with E-state index in [9.17, 15) is 0 Å². The number of aromatic nitrogens is 2. The average Bonchev–Trinajstić information content (AvgIpc) is 2.68. The molecule has 2 aromatic carbocycles. The normalized spacial score (nSPS) is 10.6. The molecule has 0 saturated heterocycles. The largest absolute Gasteiger partial charge is 0.496 e. The molecule has 0 bridgehead atoms. The lowest BCUT2D eigenvalue weighted by molar-refractivity contribution is 0.420. The van der Waals surface area contributed by atoms with E-state index in [-0.39, 0.29) is 0 Å². The molecule has 2 aromatic heterocycles. The van der Waals surface area contributed by atoms with Crippen LogP contribution in [0.25, 0.3) is 22.2 Å². The van der Waals surface area contributed by atoms with Gasteiger partial charge in [0, 0.05) is 23.6 Å². The van der Waals surface area contributed by atoms with Crippen LogP contribution in [0.4, 0.5) is 11.4 Å². The fourth-order valence-electron chi connectivity index (χ4n) is 2.88. The van der Waals surface area contributed by atoms with Crippen molar-refractivity contribution in [1.82, 2.24) is 9.97 Å². The van der Waals surface area contributed by atoms with Crippen molar-refractivity contribution >= 4 is 22.3 Å². The number of ether oxygens (including phenoxy) is 1. The van der Waals surface area contributed by atoms with Gasteiger partial charge in [0.25, 0.3) is 0 Å². The molecule has 4 aromatic rings. The van der Waals surface area contributed by atoms with E-state index >= 15 is 0 Å². The van der Waals surface area contributed by atoms with Crippen LogP contribution in [0.1, 0.15) is 0 Å². The van der Waals surface area contributed by atoms with Crippen LogP contribution in [0, 0.1) is 0 Å². The number of hydrogen-bond acceptors (Lipinski definition) is 4. The first kappa shape index (κ1) is 15.1. The molecule has 1 N–H and O–H groups in total. The van der Waals surface area contributed by atoms with Gasteiger partial charge in [0.15, 0.2) is 0 Å². The molecule has 0 spiro atoms. The molecule has 0 radical (unpaired) electrons. The van der Waals surface area contributed by atoms with Gasteiger partial charge in [0.05, 0.1) is 29.4 Å². The van der Waals surface area contributed by atoms with Crippen molar-refractivity contribution in [3.05, 3.63) is 79.1 Å². The van der Waals surface area contributed by atoms with Crippen molar-refractivity contribution in [2.45, 2.75) is 0 Å². The van der Waals surface area contributed by atoms with Crippen LogP contribution >= 0.6 is 0 Å². The molecule has 0 fully saturated rings. The average molecular weight is 327 g/mol. The van der Waals surface area contributed by atoms with E-state index in [1.54, 1.807) is 13.3 Å². The van der Waals surface area contributed by atoms with Crippen LogP contribution < -0.4 is 10.1 Å². The number of nitrogens with zero attached hydrogens (tertiary/aromatic N) is 2. The Morgan fingerprint density at radius 1 is 0.840 bits per heavy atom. The number of hydrogen-bond donors (Lipinski definition) is 1. The molecule has 0 unspecified atom stereocenters. The maximum Gasteiger partial charge on any atom is 0.130 e. The first-order valence-corrected chi connectivity index (χ1v) is 8.05. The Kier molecular flexibility index (Phi) is 4.01. The molecule has 0 aliphatic rings. The van der Waals surface area contributed by atoms with Crippen LogP contribution in [0.2, 0.25) is 0 Å². The molecular weight excluding hydrogens is 310 g/mol. The summed E-state index contributed by atoms with van der Waals surface area (Å²) in [6, 6.07) is 21.9. The van der Waals surface area contributed by atoms with Gasteiger partial charge in [0.2, 0.25) is 0 Å². The van der Waals surface area contributed by atoms with Crippen molar-refractivity contribution in [3.8, 4) is 17.0 Å². The maximum absolute atomic E-state index is 5.51. The van der Waals surface area contributed by atoms with E-state index in [1.165, 1.54) is 0 Å². The Labute approximate surface area is 146 Å². The number of anilines is 2. The molecule has 122 valence electrons. The van der Waals surface area contributed by atoms with E-state index in [1.807, 2.05) is 60.8 Å². The maximum atomic E-state index is 5.51. The van der Waals surface area contributed by atoms with E-state index < -0.39 is 0 Å². The summed E-state index contributed by atoms with van der Waals surface area (Å²) in [6.07, 6.45) is 3.61. The number of nitrogens with one attached hydrogen (secondary N) is 1. The number of benzene rings is 2. The highest BCUT2D eigenvalue weighted by Crippen LogP contribution is 2.33. The van der Waals surface area contributed by atoms with Crippen molar-refractivity contribution < 1.29 is 4.74 Å². The second kappa shape index (κ2) is 6.61. The molecule has 4 nitrogen and oxygen atoms in total. The lowest BCUT2D eigenvalue weighted by atomic mass is 10.1. The standard InChI is InChI=1S/C21H17N3O/c1-25-20-9-5-8-17-21(20)18(11-13-22-17)24-16-10-12-23-19(14-16)15-6-3-2-4-7-15/h2-14H,1H3,(H,22,23,24). The summed E-state index contributed by atoms with van der Waals surface area (Å²) < 4.78 is 5.51. The molecule has 4 rings (SSSR count). The highest BCUT2D eigenvalue weighted by atomic mass is 16.5. The van der Waals surface area contributed by atoms with Gasteiger partial charge >= 0.3 is 0 Å². The lowest BCUT2D eigenvalue weighted by Crippen LogP contribution is -1.96. The van der Waals surface area contributed by atoms with Gasteiger partial charge in [-0.15, -0.1) is 0 Å². The molecule has 0 atom stereocenters. The molecule has 2 heterocycles. The van der Waals surface area contributed by atoms with Crippen LogP contribution in [0.15, 0.2) is 79.1 Å². The summed E-state index contributed by atoms with van der Waals surface area (Å²) in [5.74, 6) is 0.797. The van der Waals surface area contributed by atoms with E-state index in [0.29, 0.717) is 0 Å². The second-order valence-electron chi connectivity index (χ2n) is 5.63. The molecule has 25 heavy (non-hydrogen) atoms. The van der Waals surface area contributed by atoms with Crippen LogP contribution in [0.5, 0.6) is 5.75 Å². The smallest absolute Gasteiger partial charge is 0.130 e. The van der Waals surface area contributed by atoms with Gasteiger partial charge < -0.3 is 10.1 Å². The van der Waals surface area contributed by atoms with Gasteiger partial charge in [-0.05, 0) is 30.3 Å². The van der Waals surface area contributed by atoms with Gasteiger partial charge in [-0.1, -0.05) is 36.4 Å². The molecule has 0 aliphatic heterocycles. The zero-order valence-corrected chi connectivity index (χ0v) is 13.8. The van der Waals surface area contributed by atoms with Crippen molar-refractivity contribution in [2.75, 3.05) is 12.4 Å². The second-order valence-corrected chi connectivity index (χ2v) is 5.63. The van der Waals surface area contributed by atoms with Crippen LogP contribution in [-0.2, 0) is 0 Å². The summed E-state index contributed by atoms with van der Waals surface area (Å²) in [4.78, 5) is 8.90. The Bertz CT molecular complexity index is 1010. The van der Waals surface area contributed by atoms with Crippen LogP contribution in [0.3, 0.4) is 0 Å². The summed E-state index contributed by atoms with van der Waals surface area (Å²) in [5.41, 5.74) is 4.82. The highest BCUT2D eigenvalue weighted by Gasteiger charge is 2.09. The monoisotopic (exact) mass is 327 g/mol. The zero-order chi connectivity index (χ0) is 17.1. The molecule has 0 aliphatic carbocycles. The number of pyridine rings is 2. The minimum atomic E-state index is 0.797. The van der Waals surface area contributed by atoms with Crippen molar-refractivity contribution in [2.24, 2.45) is 0 Å². The number of fused-ring (bicyclic) bond motifs is 1. The fourth-order valence-corrected chi connectivity index (χ4v) is 2.88. The minimum absolute atomic E-state index is 0.797. The van der Waals surface area contributed by atoms with Gasteiger partial charge in [-0.25, -0.2) is 0 Å². The third-order valence-corrected chi connectivity index (χ3v) is 4.06. The molecule has 4 heteroatoms. The Morgan fingerprint density at radius 2 is 1.68 bits per heavy atom. The van der Waals surface area contributed by atoms with E-state index in [4.69, 9.17) is 4.74 Å². The summed E-state index contributed by atoms with van der Waals surface area (Å²) in [6.45, 7) is 0. The quantitative estimate of drug-likeness (QED) is 0.570. The third-order valence-electron chi connectivity index (χ3n) is 4.06. The predicted molar refractivity (Wildman–Crippen MR) is 101 cm³/mol. The summed E-state index contributed by atoms with van der Waals surface area (Å²) >= 11 is 0. The first-order valence-electron chi connectivity index (χ1n) is 8.05. The van der Waals surface area contributed by atoms with Gasteiger partial charge in [0.1, 0.15) is 5.75 Å². The Morgan fingerprint density at radius 3 is 2.52 bits per heavy atom. The lowest BCUT2D eigenvalue weighted by Gasteiger charge is -2.13. The Balaban J connectivity index is 1.75. The number of methoxy groups -OCH3 is 1. The zero-order valence-electron chi connectivity index (χ0n) is 13.8. The topological polar surface area (TPSA) is 47.0 Å². The molecule has 0 amide bonds. The first-order chi connectivity index (χ1) is 12.3. The number of rotatable bonds is 4. The SMILES string of the molecule is COc1cccc2nccc(Nc3ccnc(-c4ccccc4)c3)c12. The third kappa shape index (κ3) is 3.02. The fraction of sp³-hybridized carbons (Fsp3) is 0.0476. The summed E-state index contributed by atoms with van der Waals surface area (Å²) in [7, 11) is 1.67. The minimum Gasteiger partial charge on any atom is -0.496 e. The molecule has 0 saturated carbocycles. The van der Waals surface area contributed by atoms with E-state index in [2.05, 4.69) is 27.4 Å². The van der Waals surface area contributed by atoms with Crippen molar-refractivity contribution in [1.29, 1.82) is 0 Å². The van der Waals surface area contributed by atoms with Gasteiger partial charge in [-0.3, -0.25) is 9.97 Å². The summed E-state index contributed by atoms with van der Waals surface area (Å²) in [5, 5.41) is 4.44. The Hall–Kier alpha value is -3.40. The molecular formula is C21H17N3O. The van der Waals surface area contributed by atoms with Gasteiger partial charge in [-0.2, -0.15) is 0 Å². The highest BCUT2D eigenvalue weighted by molar-refractivity contribution is 5.97. The van der Waals surface area contributed by atoms with E-state index in [0.717, 1.165) is 39.3 Å².